The Labute approximate surface area is 112 Å². The molecule has 92 valence electrons. The Bertz CT molecular complexity index is 118. The van der Waals surface area contributed by atoms with E-state index in [9.17, 15) is 0 Å². The smallest absolute Gasteiger partial charge is 0.400 e. The van der Waals surface area contributed by atoms with Crippen LogP contribution in [0.3, 0.4) is 0 Å². The van der Waals surface area contributed by atoms with Crippen LogP contribution in [0.15, 0.2) is 0 Å². The fraction of sp³-hybridized carbons (Fsp3) is 1.00. The van der Waals surface area contributed by atoms with Crippen molar-refractivity contribution in [1.29, 1.82) is 0 Å². The second-order valence-corrected chi connectivity index (χ2v) is 0.671. The first-order valence-electron chi connectivity index (χ1n) is 2.09. The van der Waals surface area contributed by atoms with Gasteiger partial charge in [0.25, 0.3) is 0 Å². The van der Waals surface area contributed by atoms with Crippen LogP contribution in [-0.2, 0) is 0 Å². The van der Waals surface area contributed by atoms with Gasteiger partial charge in [-0.1, -0.05) is 0 Å². The number of hydrogen-bond donors (Lipinski definition) is 1. The summed E-state index contributed by atoms with van der Waals surface area (Å²) in [6, 6.07) is 0. The van der Waals surface area contributed by atoms with E-state index >= 15 is 0 Å². The molecule has 0 heterocycles. The molecule has 0 atom stereocenters. The van der Waals surface area contributed by atoms with E-state index in [0.29, 0.717) is 0 Å². The molecule has 0 unspecified atom stereocenters. The van der Waals surface area contributed by atoms with Crippen molar-refractivity contribution in [3.63, 3.8) is 0 Å². The maximum atomic E-state index is 8.25. The monoisotopic (exact) mass is 377 g/mol. The second-order valence-electron chi connectivity index (χ2n) is 0.671. The summed E-state index contributed by atoms with van der Waals surface area (Å²) < 4.78 is 0. The fourth-order valence-electron chi connectivity index (χ4n) is 0. The van der Waals surface area contributed by atoms with E-state index in [2.05, 4.69) is 0 Å². The minimum atomic E-state index is -1.75. The van der Waals surface area contributed by atoms with E-state index in [1.54, 1.807) is 0 Å². The van der Waals surface area contributed by atoms with Gasteiger partial charge in [0.2, 0.25) is 0 Å². The van der Waals surface area contributed by atoms with Crippen LogP contribution in [0.4, 0.5) is 0 Å². The number of nitrogens with zero attached hydrogens (tertiary/aromatic N) is 3. The van der Waals surface area contributed by atoms with Crippen LogP contribution >= 0.6 is 0 Å². The zero-order valence-electron chi connectivity index (χ0n) is 6.80. The molecule has 0 aromatic rings. The van der Waals surface area contributed by atoms with E-state index in [1.807, 2.05) is 0 Å². The third-order valence-electron chi connectivity index (χ3n) is 0. The largest absolute Gasteiger partial charge is 3.00 e. The van der Waals surface area contributed by atoms with Crippen molar-refractivity contribution < 1.29 is 59.0 Å². The molecule has 0 fully saturated rings. The molecule has 0 saturated heterocycles. The van der Waals surface area contributed by atoms with Gasteiger partial charge in [-0.2, -0.15) is 0 Å². The maximum absolute atomic E-state index is 8.25. The van der Waals surface area contributed by atoms with E-state index in [4.69, 9.17) is 51.1 Å². The van der Waals surface area contributed by atoms with Crippen molar-refractivity contribution in [3.05, 3.63) is 46.0 Å². The van der Waals surface area contributed by atoms with Gasteiger partial charge in [-0.3, -0.25) is 0 Å². The van der Waals surface area contributed by atoms with Crippen LogP contribution in [0, 0.1) is 84.6 Å². The molecule has 0 saturated carbocycles. The van der Waals surface area contributed by atoms with Crippen molar-refractivity contribution in [2.75, 3.05) is 7.11 Å². The van der Waals surface area contributed by atoms with Crippen LogP contribution < -0.4 is 0 Å². The summed E-state index contributed by atoms with van der Waals surface area (Å²) in [4.78, 5) is 24.8. The molecule has 0 aliphatic rings. The molecular formula is CH4N3O10Tb. The zero-order valence-corrected chi connectivity index (χ0v) is 8.94. The molecule has 0 spiro atoms. The predicted octanol–water partition coefficient (Wildman–Crippen LogP) is -1.11. The number of rotatable bonds is 0. The van der Waals surface area contributed by atoms with Gasteiger partial charge in [0.05, 0.1) is 15.3 Å². The topological polar surface area (TPSA) is 219 Å². The Morgan fingerprint density at radius 3 is 0.667 bits per heavy atom. The average molecular weight is 377 g/mol. The van der Waals surface area contributed by atoms with Crippen LogP contribution in [-0.4, -0.2) is 27.5 Å². The maximum Gasteiger partial charge on any atom is 3.00 e. The summed E-state index contributed by atoms with van der Waals surface area (Å²) in [5.41, 5.74) is 0. The Morgan fingerprint density at radius 2 is 0.667 bits per heavy atom. The van der Waals surface area contributed by atoms with E-state index in [0.717, 1.165) is 7.11 Å². The summed E-state index contributed by atoms with van der Waals surface area (Å²) in [6.45, 7) is 0. The van der Waals surface area contributed by atoms with Gasteiger partial charge < -0.3 is 51.1 Å². The molecule has 0 rings (SSSR count). The van der Waals surface area contributed by atoms with Gasteiger partial charge in [0.1, 0.15) is 0 Å². The van der Waals surface area contributed by atoms with Crippen LogP contribution in [0.2, 0.25) is 0 Å². The summed E-state index contributed by atoms with van der Waals surface area (Å²) in [6.07, 6.45) is 0. The first kappa shape index (κ1) is 29.2. The van der Waals surface area contributed by atoms with Crippen LogP contribution in [0.1, 0.15) is 0 Å². The standard InChI is InChI=1S/CH4O.3NO3.Tb/c1-2;3*2-1(3)4;/h2H,1H3;;;;/q;3*-1;+3. The summed E-state index contributed by atoms with van der Waals surface area (Å²) in [5, 5.41) is 51.2. The van der Waals surface area contributed by atoms with Crippen LogP contribution in [0.5, 0.6) is 0 Å². The van der Waals surface area contributed by atoms with Gasteiger partial charge in [0.15, 0.2) is 0 Å². The van der Waals surface area contributed by atoms with Crippen molar-refractivity contribution in [3.8, 4) is 0 Å². The van der Waals surface area contributed by atoms with Gasteiger partial charge in [-0.25, -0.2) is 0 Å². The first-order valence-corrected chi connectivity index (χ1v) is 2.09. The first-order chi connectivity index (χ1) is 6.20. The third kappa shape index (κ3) is 1130. The molecule has 0 aromatic carbocycles. The summed E-state index contributed by atoms with van der Waals surface area (Å²) in [5.74, 6) is 0. The van der Waals surface area contributed by atoms with Crippen LogP contribution in [0.25, 0.3) is 0 Å². The van der Waals surface area contributed by atoms with Crippen molar-refractivity contribution >= 4 is 0 Å². The molecule has 15 heavy (non-hydrogen) atoms. The Hall–Kier alpha value is -1.15. The number of aliphatic hydroxyl groups excluding tert-OH is 1. The molecular weight excluding hydrogens is 373 g/mol. The molecule has 0 aliphatic carbocycles. The molecule has 14 heteroatoms. The molecule has 0 aromatic heterocycles. The number of hydrogen-bond acceptors (Lipinski definition) is 10. The van der Waals surface area contributed by atoms with Gasteiger partial charge in [-0.15, -0.1) is 0 Å². The quantitative estimate of drug-likeness (QED) is 0.396. The average Bonchev–Trinajstić information content (AvgIpc) is 1.86. The van der Waals surface area contributed by atoms with Gasteiger partial charge in [0, 0.05) is 7.11 Å². The Balaban J connectivity index is -0.0000000298. The Kier molecular flexibility index (Phi) is 57.0. The minimum absolute atomic E-state index is 0. The third-order valence-corrected chi connectivity index (χ3v) is 0. The van der Waals surface area contributed by atoms with Crippen molar-refractivity contribution in [2.45, 2.75) is 0 Å². The minimum Gasteiger partial charge on any atom is -0.400 e. The molecule has 0 amide bonds. The predicted molar refractivity (Wildman–Crippen MR) is 39.2 cm³/mol. The van der Waals surface area contributed by atoms with Gasteiger partial charge in [-0.05, 0) is 0 Å². The molecule has 0 radical (unpaired) electrons. The van der Waals surface area contributed by atoms with Crippen molar-refractivity contribution in [2.24, 2.45) is 0 Å². The van der Waals surface area contributed by atoms with Crippen molar-refractivity contribution in [1.82, 2.24) is 0 Å². The van der Waals surface area contributed by atoms with Gasteiger partial charge >= 0.3 is 38.6 Å². The van der Waals surface area contributed by atoms with E-state index in [-0.39, 0.29) is 38.6 Å². The molecule has 1 N–H and O–H groups in total. The molecule has 0 bridgehead atoms. The summed E-state index contributed by atoms with van der Waals surface area (Å²) >= 11 is 0. The fourth-order valence-corrected chi connectivity index (χ4v) is 0. The normalized spacial score (nSPS) is 5.20. The SMILES string of the molecule is CO.O=[N+]([O-])[O-].O=[N+]([O-])[O-].O=[N+]([O-])[O-].[Tb+3]. The molecule has 13 nitrogen and oxygen atoms in total. The van der Waals surface area contributed by atoms with E-state index < -0.39 is 15.3 Å². The Morgan fingerprint density at radius 1 is 0.667 bits per heavy atom. The summed E-state index contributed by atoms with van der Waals surface area (Å²) in [7, 11) is 1.00. The molecule has 0 aliphatic heterocycles. The number of aliphatic hydroxyl groups is 1. The zero-order chi connectivity index (χ0) is 12.7. The van der Waals surface area contributed by atoms with E-state index in [1.165, 1.54) is 0 Å². The second kappa shape index (κ2) is 29.3.